The summed E-state index contributed by atoms with van der Waals surface area (Å²) >= 11 is 2.76. The van der Waals surface area contributed by atoms with Crippen LogP contribution in [0.1, 0.15) is 28.8 Å². The number of rotatable bonds is 6. The molecule has 0 bridgehead atoms. The summed E-state index contributed by atoms with van der Waals surface area (Å²) < 4.78 is 12.0. The van der Waals surface area contributed by atoms with E-state index in [0.29, 0.717) is 24.7 Å². The quantitative estimate of drug-likeness (QED) is 0.738. The lowest BCUT2D eigenvalue weighted by molar-refractivity contribution is 0.0689. The Bertz CT molecular complexity index is 784. The minimum Gasteiger partial charge on any atom is -0.534 e. The zero-order chi connectivity index (χ0) is 17.4. The fourth-order valence-corrected chi connectivity index (χ4v) is 4.46. The second kappa shape index (κ2) is 6.85. The average Bonchev–Trinajstić information content (AvgIpc) is 3.27. The lowest BCUT2D eigenvalue weighted by Gasteiger charge is -2.28. The van der Waals surface area contributed by atoms with Gasteiger partial charge < -0.3 is 19.5 Å². The highest BCUT2D eigenvalue weighted by molar-refractivity contribution is 8.02. The summed E-state index contributed by atoms with van der Waals surface area (Å²) in [6.45, 7) is 0.511. The number of ether oxygens (including phenoxy) is 1. The number of carboxylic acids is 1. The van der Waals surface area contributed by atoms with Gasteiger partial charge in [0.25, 0.3) is 0 Å². The Kier molecular flexibility index (Phi) is 4.57. The predicted molar refractivity (Wildman–Crippen MR) is 93.5 cm³/mol. The van der Waals surface area contributed by atoms with Crippen molar-refractivity contribution in [1.29, 1.82) is 0 Å². The van der Waals surface area contributed by atoms with Crippen LogP contribution >= 0.6 is 23.1 Å². The summed E-state index contributed by atoms with van der Waals surface area (Å²) in [5, 5.41) is 27.4. The molecule has 0 radical (unpaired) electrons. The van der Waals surface area contributed by atoms with Crippen molar-refractivity contribution in [2.75, 3.05) is 6.61 Å². The summed E-state index contributed by atoms with van der Waals surface area (Å²) in [6, 6.07) is 3.49. The molecule has 1 aromatic carbocycles. The van der Waals surface area contributed by atoms with Gasteiger partial charge in [0.15, 0.2) is 4.34 Å². The third kappa shape index (κ3) is 3.60. The molecule has 7 nitrogen and oxygen atoms in total. The van der Waals surface area contributed by atoms with Crippen LogP contribution in [0, 0.1) is 5.92 Å². The standard InChI is InChI=1S/C15H15BN2O5S2/c19-14(20)12-10(22-6-8-1-2-8)4-3-9-5-11(16(21)23-13(9)12)25-15-18-17-7-24-15/h3-4,7-8,11,21H,1-2,5-6H2,(H,19,20)/t11-/m0/s1. The van der Waals surface area contributed by atoms with E-state index in [9.17, 15) is 14.9 Å². The van der Waals surface area contributed by atoms with E-state index in [0.717, 1.165) is 22.7 Å². The van der Waals surface area contributed by atoms with Crippen LogP contribution in [0.4, 0.5) is 0 Å². The first kappa shape index (κ1) is 16.7. The smallest absolute Gasteiger partial charge is 0.534 e. The number of carboxylic acid groups (broad SMARTS) is 1. The molecular formula is C15H15BN2O5S2. The largest absolute Gasteiger partial charge is 0.537 e. The van der Waals surface area contributed by atoms with Crippen molar-refractivity contribution < 1.29 is 24.3 Å². The van der Waals surface area contributed by atoms with E-state index in [-0.39, 0.29) is 16.5 Å². The molecule has 0 amide bonds. The van der Waals surface area contributed by atoms with Crippen LogP contribution in [0.3, 0.4) is 0 Å². The van der Waals surface area contributed by atoms with Gasteiger partial charge in [-0.3, -0.25) is 0 Å². The van der Waals surface area contributed by atoms with Crippen molar-refractivity contribution in [2.24, 2.45) is 5.92 Å². The highest BCUT2D eigenvalue weighted by atomic mass is 32.2. The van der Waals surface area contributed by atoms with E-state index in [1.54, 1.807) is 11.6 Å². The normalized spacial score (nSPS) is 19.2. The Hall–Kier alpha value is -1.78. The minimum atomic E-state index is -1.13. The number of hydrogen-bond acceptors (Lipinski definition) is 8. The van der Waals surface area contributed by atoms with Gasteiger partial charge in [-0.2, -0.15) is 0 Å². The number of hydrogen-bond donors (Lipinski definition) is 2. The molecule has 4 rings (SSSR count). The lowest BCUT2D eigenvalue weighted by atomic mass is 9.77. The highest BCUT2D eigenvalue weighted by Crippen LogP contribution is 2.41. The second-order valence-corrected chi connectivity index (χ2v) is 8.38. The van der Waals surface area contributed by atoms with Gasteiger partial charge in [-0.25, -0.2) is 4.79 Å². The van der Waals surface area contributed by atoms with Gasteiger partial charge in [-0.15, -0.1) is 10.2 Å². The van der Waals surface area contributed by atoms with Gasteiger partial charge in [-0.1, -0.05) is 29.2 Å². The summed E-state index contributed by atoms with van der Waals surface area (Å²) in [7, 11) is -1.13. The molecular weight excluding hydrogens is 363 g/mol. The molecule has 2 N–H and O–H groups in total. The van der Waals surface area contributed by atoms with Gasteiger partial charge in [-0.05, 0) is 36.8 Å². The van der Waals surface area contributed by atoms with Crippen molar-refractivity contribution in [1.82, 2.24) is 10.2 Å². The zero-order valence-corrected chi connectivity index (χ0v) is 14.8. The van der Waals surface area contributed by atoms with Crippen LogP contribution in [-0.2, 0) is 6.42 Å². The van der Waals surface area contributed by atoms with E-state index < -0.39 is 13.1 Å². The molecule has 0 unspecified atom stereocenters. The van der Waals surface area contributed by atoms with Crippen LogP contribution in [-0.4, -0.2) is 45.2 Å². The Morgan fingerprint density at radius 3 is 3.00 bits per heavy atom. The molecule has 1 fully saturated rings. The Morgan fingerprint density at radius 1 is 1.48 bits per heavy atom. The van der Waals surface area contributed by atoms with Gasteiger partial charge in [0.2, 0.25) is 0 Å². The van der Waals surface area contributed by atoms with Crippen molar-refractivity contribution in [3.63, 3.8) is 0 Å². The first-order chi connectivity index (χ1) is 12.1. The van der Waals surface area contributed by atoms with E-state index >= 15 is 0 Å². The second-order valence-electron chi connectivity index (χ2n) is 6.06. The molecule has 1 saturated carbocycles. The van der Waals surface area contributed by atoms with Crippen molar-refractivity contribution in [3.05, 3.63) is 28.8 Å². The Balaban J connectivity index is 1.59. The number of fused-ring (bicyclic) bond motifs is 1. The van der Waals surface area contributed by atoms with Gasteiger partial charge in [0.1, 0.15) is 22.6 Å². The SMILES string of the molecule is O=C(O)c1c(OCC2CC2)ccc2c1OB(O)[C@@H](Sc1nncs1)C2. The van der Waals surface area contributed by atoms with Crippen LogP contribution < -0.4 is 9.39 Å². The lowest BCUT2D eigenvalue weighted by Crippen LogP contribution is -2.40. The molecule has 0 saturated heterocycles. The molecule has 1 atom stereocenters. The Labute approximate surface area is 152 Å². The molecule has 25 heavy (non-hydrogen) atoms. The summed E-state index contributed by atoms with van der Waals surface area (Å²) in [5.41, 5.74) is 2.35. The molecule has 10 heteroatoms. The molecule has 2 aliphatic rings. The number of benzene rings is 1. The van der Waals surface area contributed by atoms with Crippen molar-refractivity contribution >= 4 is 36.2 Å². The number of carbonyl (C=O) groups is 1. The van der Waals surface area contributed by atoms with E-state index in [1.807, 2.05) is 6.07 Å². The Morgan fingerprint density at radius 2 is 2.32 bits per heavy atom. The van der Waals surface area contributed by atoms with Gasteiger partial charge in [0.05, 0.1) is 11.8 Å². The number of nitrogens with zero attached hydrogens (tertiary/aromatic N) is 2. The van der Waals surface area contributed by atoms with Crippen LogP contribution in [0.2, 0.25) is 0 Å². The number of aromatic nitrogens is 2. The van der Waals surface area contributed by atoms with Crippen molar-refractivity contribution in [2.45, 2.75) is 28.8 Å². The molecule has 1 aliphatic heterocycles. The van der Waals surface area contributed by atoms with Gasteiger partial charge in [0, 0.05) is 0 Å². The highest BCUT2D eigenvalue weighted by Gasteiger charge is 2.39. The molecule has 130 valence electrons. The third-order valence-electron chi connectivity index (χ3n) is 4.16. The fourth-order valence-electron chi connectivity index (χ4n) is 2.68. The third-order valence-corrected chi connectivity index (χ3v) is 6.20. The maximum Gasteiger partial charge on any atom is 0.537 e. The maximum absolute atomic E-state index is 11.7. The topological polar surface area (TPSA) is 102 Å². The summed E-state index contributed by atoms with van der Waals surface area (Å²) in [5.74, 6) is -0.120. The molecule has 0 spiro atoms. The van der Waals surface area contributed by atoms with Crippen molar-refractivity contribution in [3.8, 4) is 11.5 Å². The fraction of sp³-hybridized carbons (Fsp3) is 0.400. The van der Waals surface area contributed by atoms with E-state index in [2.05, 4.69) is 10.2 Å². The van der Waals surface area contributed by atoms with E-state index in [1.165, 1.54) is 23.1 Å². The maximum atomic E-state index is 11.7. The molecule has 1 aromatic heterocycles. The van der Waals surface area contributed by atoms with E-state index in [4.69, 9.17) is 9.39 Å². The zero-order valence-electron chi connectivity index (χ0n) is 13.1. The van der Waals surface area contributed by atoms with Crippen LogP contribution in [0.5, 0.6) is 11.5 Å². The summed E-state index contributed by atoms with van der Waals surface area (Å²) in [4.78, 5) is 11.7. The van der Waals surface area contributed by atoms with Gasteiger partial charge >= 0.3 is 13.1 Å². The molecule has 1 aliphatic carbocycles. The average molecular weight is 378 g/mol. The molecule has 2 heterocycles. The minimum absolute atomic E-state index is 0.0171. The molecule has 2 aromatic rings. The number of thioether (sulfide) groups is 1. The predicted octanol–water partition coefficient (Wildman–Crippen LogP) is 2.14. The monoisotopic (exact) mass is 378 g/mol. The number of aromatic carboxylic acids is 1. The van der Waals surface area contributed by atoms with Crippen LogP contribution in [0.15, 0.2) is 22.0 Å². The van der Waals surface area contributed by atoms with Crippen LogP contribution in [0.25, 0.3) is 0 Å². The first-order valence-corrected chi connectivity index (χ1v) is 9.67. The summed E-state index contributed by atoms with van der Waals surface area (Å²) in [6.07, 6.45) is 2.71. The first-order valence-electron chi connectivity index (χ1n) is 7.91.